The largest absolute Gasteiger partial charge is 0.384 e. The first-order valence-corrected chi connectivity index (χ1v) is 5.68. The maximum Gasteiger partial charge on any atom is 0.123 e. The molecule has 0 atom stereocenters. The summed E-state index contributed by atoms with van der Waals surface area (Å²) in [6.07, 6.45) is 2.87. The minimum absolute atomic E-state index is 0.0516. The molecule has 0 saturated carbocycles. The molecule has 0 amide bonds. The SMILES string of the molecule is CC(C)(C)CC(C)(C)Nc1ccc(N)nc1. The van der Waals surface area contributed by atoms with Crippen LogP contribution in [0.2, 0.25) is 0 Å². The fourth-order valence-electron chi connectivity index (χ4n) is 2.24. The molecule has 0 saturated heterocycles. The third-order valence-electron chi connectivity index (χ3n) is 2.24. The number of aromatic nitrogens is 1. The Morgan fingerprint density at radius 1 is 1.19 bits per heavy atom. The number of nitrogens with one attached hydrogen (secondary N) is 1. The number of anilines is 2. The molecule has 1 heterocycles. The van der Waals surface area contributed by atoms with Gasteiger partial charge in [0, 0.05) is 5.54 Å². The van der Waals surface area contributed by atoms with Gasteiger partial charge in [-0.2, -0.15) is 0 Å². The second kappa shape index (κ2) is 4.32. The van der Waals surface area contributed by atoms with Gasteiger partial charge >= 0.3 is 0 Å². The Kier molecular flexibility index (Phi) is 3.46. The lowest BCUT2D eigenvalue weighted by molar-refractivity contribution is 0.302. The minimum Gasteiger partial charge on any atom is -0.384 e. The molecule has 0 spiro atoms. The first-order chi connectivity index (χ1) is 7.18. The lowest BCUT2D eigenvalue weighted by Gasteiger charge is -2.34. The van der Waals surface area contributed by atoms with E-state index in [0.29, 0.717) is 11.2 Å². The predicted octanol–water partition coefficient (Wildman–Crippen LogP) is 3.29. The Balaban J connectivity index is 2.69. The Morgan fingerprint density at radius 3 is 2.25 bits per heavy atom. The van der Waals surface area contributed by atoms with E-state index in [1.54, 1.807) is 6.20 Å². The van der Waals surface area contributed by atoms with Crippen molar-refractivity contribution in [3.8, 4) is 0 Å². The first-order valence-electron chi connectivity index (χ1n) is 5.68. The summed E-state index contributed by atoms with van der Waals surface area (Å²) in [6.45, 7) is 11.1. The molecule has 1 rings (SSSR count). The van der Waals surface area contributed by atoms with Gasteiger partial charge in [-0.3, -0.25) is 0 Å². The number of pyridine rings is 1. The van der Waals surface area contributed by atoms with Gasteiger partial charge < -0.3 is 11.1 Å². The molecule has 3 N–H and O–H groups in total. The van der Waals surface area contributed by atoms with Gasteiger partial charge in [0.05, 0.1) is 11.9 Å². The van der Waals surface area contributed by atoms with Crippen molar-refractivity contribution in [1.82, 2.24) is 4.98 Å². The Hall–Kier alpha value is -1.25. The summed E-state index contributed by atoms with van der Waals surface area (Å²) in [5.41, 5.74) is 6.93. The molecule has 16 heavy (non-hydrogen) atoms. The van der Waals surface area contributed by atoms with Gasteiger partial charge in [-0.1, -0.05) is 20.8 Å². The number of rotatable bonds is 3. The molecule has 0 fully saturated rings. The highest BCUT2D eigenvalue weighted by molar-refractivity contribution is 5.47. The van der Waals surface area contributed by atoms with Crippen molar-refractivity contribution in [2.75, 3.05) is 11.1 Å². The van der Waals surface area contributed by atoms with Crippen LogP contribution >= 0.6 is 0 Å². The summed E-state index contributed by atoms with van der Waals surface area (Å²) in [5.74, 6) is 0.555. The van der Waals surface area contributed by atoms with Crippen LogP contribution in [0.3, 0.4) is 0 Å². The highest BCUT2D eigenvalue weighted by atomic mass is 15.0. The first kappa shape index (κ1) is 12.8. The van der Waals surface area contributed by atoms with E-state index in [4.69, 9.17) is 5.73 Å². The van der Waals surface area contributed by atoms with Crippen LogP contribution in [-0.2, 0) is 0 Å². The Morgan fingerprint density at radius 2 is 1.81 bits per heavy atom. The van der Waals surface area contributed by atoms with Crippen LogP contribution in [0.15, 0.2) is 18.3 Å². The van der Waals surface area contributed by atoms with Gasteiger partial charge in [-0.15, -0.1) is 0 Å². The van der Waals surface area contributed by atoms with E-state index in [1.165, 1.54) is 0 Å². The van der Waals surface area contributed by atoms with Crippen molar-refractivity contribution in [3.05, 3.63) is 18.3 Å². The van der Waals surface area contributed by atoms with E-state index >= 15 is 0 Å². The van der Waals surface area contributed by atoms with E-state index in [9.17, 15) is 0 Å². The maximum absolute atomic E-state index is 5.55. The quantitative estimate of drug-likeness (QED) is 0.823. The van der Waals surface area contributed by atoms with Crippen LogP contribution in [0.25, 0.3) is 0 Å². The normalized spacial score (nSPS) is 12.6. The van der Waals surface area contributed by atoms with E-state index in [0.717, 1.165) is 12.1 Å². The van der Waals surface area contributed by atoms with Crippen LogP contribution in [0.4, 0.5) is 11.5 Å². The zero-order valence-corrected chi connectivity index (χ0v) is 11.0. The minimum atomic E-state index is 0.0516. The summed E-state index contributed by atoms with van der Waals surface area (Å²) < 4.78 is 0. The summed E-state index contributed by atoms with van der Waals surface area (Å²) in [7, 11) is 0. The standard InChI is InChI=1S/C13H23N3/c1-12(2,3)9-13(4,5)16-10-6-7-11(14)15-8-10/h6-8,16H,9H2,1-5H3,(H2,14,15). The second-order valence-corrected chi connectivity index (χ2v) is 6.22. The second-order valence-electron chi connectivity index (χ2n) is 6.22. The average molecular weight is 221 g/mol. The molecule has 0 unspecified atom stereocenters. The molecule has 0 aliphatic rings. The number of nitrogens with zero attached hydrogens (tertiary/aromatic N) is 1. The summed E-state index contributed by atoms with van der Waals surface area (Å²) in [6, 6.07) is 3.78. The van der Waals surface area contributed by atoms with Crippen LogP contribution in [0.1, 0.15) is 41.0 Å². The molecular weight excluding hydrogens is 198 g/mol. The zero-order valence-electron chi connectivity index (χ0n) is 11.0. The van der Waals surface area contributed by atoms with Crippen molar-refractivity contribution in [2.24, 2.45) is 5.41 Å². The molecule has 90 valence electrons. The van der Waals surface area contributed by atoms with Gasteiger partial charge in [0.1, 0.15) is 5.82 Å². The van der Waals surface area contributed by atoms with Crippen LogP contribution in [0, 0.1) is 5.41 Å². The molecule has 0 aromatic carbocycles. The van der Waals surface area contributed by atoms with E-state index in [-0.39, 0.29) is 5.54 Å². The Bertz CT molecular complexity index is 333. The van der Waals surface area contributed by atoms with Crippen molar-refractivity contribution >= 4 is 11.5 Å². The van der Waals surface area contributed by atoms with Crippen LogP contribution < -0.4 is 11.1 Å². The molecule has 3 nitrogen and oxygen atoms in total. The maximum atomic E-state index is 5.55. The van der Waals surface area contributed by atoms with Crippen molar-refractivity contribution in [1.29, 1.82) is 0 Å². The third kappa shape index (κ3) is 4.51. The highest BCUT2D eigenvalue weighted by Crippen LogP contribution is 2.29. The molecule has 1 aromatic heterocycles. The zero-order chi connectivity index (χ0) is 12.4. The number of hydrogen-bond donors (Lipinski definition) is 2. The van der Waals surface area contributed by atoms with Crippen molar-refractivity contribution in [3.63, 3.8) is 0 Å². The van der Waals surface area contributed by atoms with Gasteiger partial charge in [0.15, 0.2) is 0 Å². The van der Waals surface area contributed by atoms with Crippen LogP contribution in [0.5, 0.6) is 0 Å². The topological polar surface area (TPSA) is 50.9 Å². The fraction of sp³-hybridized carbons (Fsp3) is 0.615. The van der Waals surface area contributed by atoms with Gasteiger partial charge in [0.2, 0.25) is 0 Å². The molecule has 1 aromatic rings. The average Bonchev–Trinajstić information content (AvgIpc) is 2.04. The highest BCUT2D eigenvalue weighted by Gasteiger charge is 2.25. The van der Waals surface area contributed by atoms with Crippen molar-refractivity contribution in [2.45, 2.75) is 46.6 Å². The molecule has 0 radical (unpaired) electrons. The summed E-state index contributed by atoms with van der Waals surface area (Å²) in [5, 5.41) is 3.48. The van der Waals surface area contributed by atoms with Gasteiger partial charge in [-0.05, 0) is 37.8 Å². The lowest BCUT2D eigenvalue weighted by atomic mass is 9.82. The predicted molar refractivity (Wildman–Crippen MR) is 70.4 cm³/mol. The van der Waals surface area contributed by atoms with Crippen molar-refractivity contribution < 1.29 is 0 Å². The molecule has 0 bridgehead atoms. The summed E-state index contributed by atoms with van der Waals surface area (Å²) >= 11 is 0. The van der Waals surface area contributed by atoms with E-state index in [2.05, 4.69) is 44.9 Å². The summed E-state index contributed by atoms with van der Waals surface area (Å²) in [4.78, 5) is 4.08. The van der Waals surface area contributed by atoms with Gasteiger partial charge in [0.25, 0.3) is 0 Å². The van der Waals surface area contributed by atoms with E-state index in [1.807, 2.05) is 12.1 Å². The fourth-order valence-corrected chi connectivity index (χ4v) is 2.24. The molecule has 0 aliphatic heterocycles. The molecular formula is C13H23N3. The number of nitrogens with two attached hydrogens (primary N) is 1. The van der Waals surface area contributed by atoms with Gasteiger partial charge in [-0.25, -0.2) is 4.98 Å². The van der Waals surface area contributed by atoms with E-state index < -0.39 is 0 Å². The molecule has 3 heteroatoms. The third-order valence-corrected chi connectivity index (χ3v) is 2.24. The van der Waals surface area contributed by atoms with Crippen LogP contribution in [-0.4, -0.2) is 10.5 Å². The molecule has 0 aliphatic carbocycles. The smallest absolute Gasteiger partial charge is 0.123 e. The number of nitrogen functional groups attached to an aromatic ring is 1. The monoisotopic (exact) mass is 221 g/mol. The Labute approximate surface area is 98.5 Å². The number of hydrogen-bond acceptors (Lipinski definition) is 3. The lowest BCUT2D eigenvalue weighted by Crippen LogP contribution is -2.35.